The van der Waals surface area contributed by atoms with Gasteiger partial charge in [0.25, 0.3) is 0 Å². The van der Waals surface area contributed by atoms with Crippen LogP contribution in [0, 0.1) is 0 Å². The van der Waals surface area contributed by atoms with Gasteiger partial charge in [-0.1, -0.05) is 19.3 Å². The zero-order chi connectivity index (χ0) is 12.8. The predicted octanol–water partition coefficient (Wildman–Crippen LogP) is 1.38. The number of morpholine rings is 1. The summed E-state index contributed by atoms with van der Waals surface area (Å²) in [6.07, 6.45) is 4.93. The van der Waals surface area contributed by atoms with Crippen molar-refractivity contribution in [2.24, 2.45) is 0 Å². The summed E-state index contributed by atoms with van der Waals surface area (Å²) in [5.74, 6) is 0. The SMILES string of the molecule is O=S1(=O)C(Cl)C2(N3CCOCC3)CCCCCC21. The summed E-state index contributed by atoms with van der Waals surface area (Å²) in [5, 5.41) is -0.243. The molecule has 0 aromatic rings. The van der Waals surface area contributed by atoms with Crippen molar-refractivity contribution >= 4 is 21.4 Å². The van der Waals surface area contributed by atoms with E-state index < -0.39 is 14.5 Å². The molecule has 6 heteroatoms. The molecule has 2 heterocycles. The van der Waals surface area contributed by atoms with Gasteiger partial charge in [0, 0.05) is 13.1 Å². The Morgan fingerprint density at radius 1 is 1.17 bits per heavy atom. The Morgan fingerprint density at radius 3 is 2.61 bits per heavy atom. The largest absolute Gasteiger partial charge is 0.379 e. The van der Waals surface area contributed by atoms with E-state index in [4.69, 9.17) is 16.3 Å². The van der Waals surface area contributed by atoms with Crippen LogP contribution in [0.3, 0.4) is 0 Å². The molecule has 3 atom stereocenters. The molecule has 0 amide bonds. The molecule has 2 aliphatic heterocycles. The summed E-state index contributed by atoms with van der Waals surface area (Å²) in [7, 11) is -3.11. The molecule has 0 radical (unpaired) electrons. The topological polar surface area (TPSA) is 46.6 Å². The number of rotatable bonds is 1. The van der Waals surface area contributed by atoms with E-state index >= 15 is 0 Å². The van der Waals surface area contributed by atoms with Gasteiger partial charge in [0.15, 0.2) is 14.5 Å². The summed E-state index contributed by atoms with van der Waals surface area (Å²) < 4.78 is 29.1. The first kappa shape index (κ1) is 13.2. The average molecular weight is 294 g/mol. The molecule has 4 nitrogen and oxygen atoms in total. The van der Waals surface area contributed by atoms with Crippen molar-refractivity contribution in [3.8, 4) is 0 Å². The monoisotopic (exact) mass is 293 g/mol. The zero-order valence-electron chi connectivity index (χ0n) is 10.5. The first-order valence-electron chi connectivity index (χ1n) is 6.80. The molecule has 1 aliphatic carbocycles. The average Bonchev–Trinajstić information content (AvgIpc) is 2.61. The molecule has 3 unspecified atom stereocenters. The van der Waals surface area contributed by atoms with Crippen molar-refractivity contribution in [1.82, 2.24) is 4.90 Å². The van der Waals surface area contributed by atoms with Gasteiger partial charge in [0.05, 0.1) is 24.0 Å². The molecule has 0 bridgehead atoms. The van der Waals surface area contributed by atoms with E-state index in [1.54, 1.807) is 0 Å². The summed E-state index contributed by atoms with van der Waals surface area (Å²) in [5.41, 5.74) is -0.305. The van der Waals surface area contributed by atoms with Crippen LogP contribution in [0.25, 0.3) is 0 Å². The van der Waals surface area contributed by atoms with E-state index in [1.807, 2.05) is 0 Å². The van der Waals surface area contributed by atoms with Crippen molar-refractivity contribution in [1.29, 1.82) is 0 Å². The Labute approximate surface area is 114 Å². The molecule has 2 saturated heterocycles. The molecule has 3 rings (SSSR count). The lowest BCUT2D eigenvalue weighted by Gasteiger charge is -2.58. The van der Waals surface area contributed by atoms with Gasteiger partial charge < -0.3 is 4.74 Å². The minimum Gasteiger partial charge on any atom is -0.379 e. The number of fused-ring (bicyclic) bond motifs is 1. The van der Waals surface area contributed by atoms with Crippen LogP contribution in [-0.2, 0) is 14.6 Å². The maximum Gasteiger partial charge on any atom is 0.173 e. The van der Waals surface area contributed by atoms with Crippen molar-refractivity contribution in [2.75, 3.05) is 26.3 Å². The summed E-state index contributed by atoms with van der Waals surface area (Å²) >= 11 is 6.31. The fourth-order valence-corrected chi connectivity index (χ4v) is 7.25. The smallest absolute Gasteiger partial charge is 0.173 e. The molecule has 0 aromatic carbocycles. The van der Waals surface area contributed by atoms with Crippen LogP contribution in [0.5, 0.6) is 0 Å². The molecule has 0 N–H and O–H groups in total. The van der Waals surface area contributed by atoms with Gasteiger partial charge in [-0.3, -0.25) is 4.90 Å². The molecule has 104 valence electrons. The third kappa shape index (κ3) is 1.67. The minimum absolute atomic E-state index is 0.243. The second kappa shape index (κ2) is 4.62. The second-order valence-electron chi connectivity index (χ2n) is 5.58. The summed E-state index contributed by atoms with van der Waals surface area (Å²) in [6, 6.07) is 0. The number of hydrogen-bond donors (Lipinski definition) is 0. The molecule has 3 fully saturated rings. The van der Waals surface area contributed by atoms with Gasteiger partial charge in [-0.15, -0.1) is 11.6 Å². The van der Waals surface area contributed by atoms with Gasteiger partial charge in [-0.05, 0) is 12.8 Å². The first-order chi connectivity index (χ1) is 8.60. The van der Waals surface area contributed by atoms with Gasteiger partial charge >= 0.3 is 0 Å². The number of alkyl halides is 1. The quantitative estimate of drug-likeness (QED) is 0.685. The maximum absolute atomic E-state index is 12.2. The van der Waals surface area contributed by atoms with Gasteiger partial charge in [-0.2, -0.15) is 0 Å². The van der Waals surface area contributed by atoms with Crippen molar-refractivity contribution < 1.29 is 13.2 Å². The standard InChI is InChI=1S/C12H20ClNO3S/c13-11-12(14-6-8-17-9-7-14)5-3-1-2-4-10(12)18(11,15)16/h10-11H,1-9H2. The van der Waals surface area contributed by atoms with Crippen LogP contribution < -0.4 is 0 Å². The van der Waals surface area contributed by atoms with E-state index in [0.717, 1.165) is 45.2 Å². The molecule has 1 saturated carbocycles. The fraction of sp³-hybridized carbons (Fsp3) is 1.00. The van der Waals surface area contributed by atoms with Crippen LogP contribution >= 0.6 is 11.6 Å². The van der Waals surface area contributed by atoms with Crippen molar-refractivity contribution in [3.05, 3.63) is 0 Å². The van der Waals surface area contributed by atoms with E-state index in [-0.39, 0.29) is 10.8 Å². The van der Waals surface area contributed by atoms with E-state index in [2.05, 4.69) is 4.90 Å². The number of sulfone groups is 1. The second-order valence-corrected chi connectivity index (χ2v) is 8.50. The van der Waals surface area contributed by atoms with Gasteiger partial charge in [0.2, 0.25) is 0 Å². The predicted molar refractivity (Wildman–Crippen MR) is 70.6 cm³/mol. The van der Waals surface area contributed by atoms with Gasteiger partial charge in [-0.25, -0.2) is 8.42 Å². The maximum atomic E-state index is 12.2. The summed E-state index contributed by atoms with van der Waals surface area (Å²) in [4.78, 5) is 2.30. The van der Waals surface area contributed by atoms with Gasteiger partial charge in [0.1, 0.15) is 0 Å². The van der Waals surface area contributed by atoms with Crippen LogP contribution in [0.15, 0.2) is 0 Å². The normalized spacial score (nSPS) is 44.7. The van der Waals surface area contributed by atoms with E-state index in [9.17, 15) is 8.42 Å². The molecular formula is C12H20ClNO3S. The minimum atomic E-state index is -3.11. The van der Waals surface area contributed by atoms with Crippen molar-refractivity contribution in [3.63, 3.8) is 0 Å². The fourth-order valence-electron chi connectivity index (χ4n) is 3.88. The van der Waals surface area contributed by atoms with E-state index in [1.165, 1.54) is 0 Å². The highest BCUT2D eigenvalue weighted by Crippen LogP contribution is 2.53. The Balaban J connectivity index is 1.94. The van der Waals surface area contributed by atoms with E-state index in [0.29, 0.717) is 13.2 Å². The lowest BCUT2D eigenvalue weighted by Crippen LogP contribution is -2.76. The Morgan fingerprint density at radius 2 is 1.89 bits per heavy atom. The number of nitrogens with zero attached hydrogens (tertiary/aromatic N) is 1. The Bertz CT molecular complexity index is 421. The van der Waals surface area contributed by atoms with Crippen molar-refractivity contribution in [2.45, 2.75) is 47.6 Å². The van der Waals surface area contributed by atoms with Crippen LogP contribution in [0.4, 0.5) is 0 Å². The number of halogens is 1. The third-order valence-corrected chi connectivity index (χ3v) is 8.32. The highest BCUT2D eigenvalue weighted by Gasteiger charge is 2.68. The molecule has 3 aliphatic rings. The number of hydrogen-bond acceptors (Lipinski definition) is 4. The van der Waals surface area contributed by atoms with Crippen LogP contribution in [0.1, 0.15) is 32.1 Å². The third-order valence-electron chi connectivity index (χ3n) is 4.78. The first-order valence-corrected chi connectivity index (χ1v) is 8.84. The lowest BCUT2D eigenvalue weighted by atomic mass is 9.87. The molecular weight excluding hydrogens is 274 g/mol. The Kier molecular flexibility index (Phi) is 3.37. The Hall–Kier alpha value is 0.160. The highest BCUT2D eigenvalue weighted by molar-refractivity contribution is 7.95. The zero-order valence-corrected chi connectivity index (χ0v) is 12.0. The highest BCUT2D eigenvalue weighted by atomic mass is 35.5. The molecule has 0 spiro atoms. The van der Waals surface area contributed by atoms with Crippen LogP contribution in [0.2, 0.25) is 0 Å². The number of ether oxygens (including phenoxy) is 1. The van der Waals surface area contributed by atoms with Crippen LogP contribution in [-0.4, -0.2) is 55.1 Å². The summed E-state index contributed by atoms with van der Waals surface area (Å²) in [6.45, 7) is 3.01. The molecule has 0 aromatic heterocycles. The lowest BCUT2D eigenvalue weighted by molar-refractivity contribution is -0.0303. The molecule has 18 heavy (non-hydrogen) atoms.